The standard InChI is InChI=1S/C17H24N4/c1-14-15(2)19(3)18-17(14)21-11-9-20(10-12-21)13-16-7-5-4-6-8-16/h4-8H,9-13H2,1-3H3. The second-order valence-corrected chi connectivity index (χ2v) is 5.91. The highest BCUT2D eigenvalue weighted by Crippen LogP contribution is 2.22. The van der Waals surface area contributed by atoms with Gasteiger partial charge in [0, 0.05) is 51.0 Å². The highest BCUT2D eigenvalue weighted by Gasteiger charge is 2.21. The maximum Gasteiger partial charge on any atom is 0.153 e. The van der Waals surface area contributed by atoms with Gasteiger partial charge in [0.15, 0.2) is 5.82 Å². The first-order chi connectivity index (χ1) is 10.1. The SMILES string of the molecule is Cc1c(N2CCN(Cc3ccccc3)CC2)nn(C)c1C. The number of aromatic nitrogens is 2. The number of benzene rings is 1. The largest absolute Gasteiger partial charge is 0.352 e. The van der Waals surface area contributed by atoms with Crippen LogP contribution in [-0.2, 0) is 13.6 Å². The fourth-order valence-electron chi connectivity index (χ4n) is 2.96. The van der Waals surface area contributed by atoms with Crippen molar-refractivity contribution in [1.29, 1.82) is 0 Å². The van der Waals surface area contributed by atoms with Crippen LogP contribution in [0.3, 0.4) is 0 Å². The summed E-state index contributed by atoms with van der Waals surface area (Å²) in [5.41, 5.74) is 3.97. The molecule has 0 saturated carbocycles. The first-order valence-electron chi connectivity index (χ1n) is 7.66. The van der Waals surface area contributed by atoms with Gasteiger partial charge < -0.3 is 4.90 Å². The van der Waals surface area contributed by atoms with E-state index in [1.54, 1.807) is 0 Å². The van der Waals surface area contributed by atoms with Crippen molar-refractivity contribution in [3.05, 3.63) is 47.2 Å². The zero-order valence-electron chi connectivity index (χ0n) is 13.2. The molecule has 0 spiro atoms. The molecule has 0 bridgehead atoms. The van der Waals surface area contributed by atoms with Crippen molar-refractivity contribution in [2.24, 2.45) is 7.05 Å². The third kappa shape index (κ3) is 2.95. The Hall–Kier alpha value is -1.81. The summed E-state index contributed by atoms with van der Waals surface area (Å²) in [6.07, 6.45) is 0. The second-order valence-electron chi connectivity index (χ2n) is 5.91. The van der Waals surface area contributed by atoms with E-state index < -0.39 is 0 Å². The molecule has 0 radical (unpaired) electrons. The Balaban J connectivity index is 1.61. The first kappa shape index (κ1) is 14.1. The van der Waals surface area contributed by atoms with Crippen molar-refractivity contribution in [3.8, 4) is 0 Å². The van der Waals surface area contributed by atoms with Gasteiger partial charge in [0.2, 0.25) is 0 Å². The Bertz CT molecular complexity index is 595. The highest BCUT2D eigenvalue weighted by atomic mass is 15.4. The molecule has 1 aliphatic rings. The van der Waals surface area contributed by atoms with Gasteiger partial charge in [0.25, 0.3) is 0 Å². The van der Waals surface area contributed by atoms with Crippen LogP contribution >= 0.6 is 0 Å². The first-order valence-corrected chi connectivity index (χ1v) is 7.66. The van der Waals surface area contributed by atoms with Crippen LogP contribution in [0.25, 0.3) is 0 Å². The van der Waals surface area contributed by atoms with Crippen molar-refractivity contribution in [1.82, 2.24) is 14.7 Å². The summed E-state index contributed by atoms with van der Waals surface area (Å²) in [6, 6.07) is 10.7. The maximum atomic E-state index is 4.67. The van der Waals surface area contributed by atoms with Crippen LogP contribution in [0.1, 0.15) is 16.8 Å². The molecule has 0 aliphatic carbocycles. The van der Waals surface area contributed by atoms with Crippen molar-refractivity contribution in [2.75, 3.05) is 31.1 Å². The zero-order chi connectivity index (χ0) is 14.8. The summed E-state index contributed by atoms with van der Waals surface area (Å²) in [6.45, 7) is 9.68. The van der Waals surface area contributed by atoms with Crippen LogP contribution in [0.2, 0.25) is 0 Å². The minimum absolute atomic E-state index is 1.05. The topological polar surface area (TPSA) is 24.3 Å². The van der Waals surface area contributed by atoms with Crippen LogP contribution in [0, 0.1) is 13.8 Å². The van der Waals surface area contributed by atoms with Gasteiger partial charge in [0.05, 0.1) is 0 Å². The lowest BCUT2D eigenvalue weighted by Crippen LogP contribution is -2.46. The molecule has 112 valence electrons. The van der Waals surface area contributed by atoms with Gasteiger partial charge in [-0.2, -0.15) is 5.10 Å². The summed E-state index contributed by atoms with van der Waals surface area (Å²) in [5, 5.41) is 4.67. The van der Waals surface area contributed by atoms with E-state index in [9.17, 15) is 0 Å². The lowest BCUT2D eigenvalue weighted by molar-refractivity contribution is 0.249. The molecule has 3 rings (SSSR count). The quantitative estimate of drug-likeness (QED) is 0.865. The van der Waals surface area contributed by atoms with E-state index in [1.807, 2.05) is 11.7 Å². The minimum Gasteiger partial charge on any atom is -0.352 e. The number of nitrogens with zero attached hydrogens (tertiary/aromatic N) is 4. The van der Waals surface area contributed by atoms with Gasteiger partial charge in [-0.3, -0.25) is 9.58 Å². The van der Waals surface area contributed by atoms with E-state index in [1.165, 1.54) is 16.8 Å². The molecule has 0 atom stereocenters. The van der Waals surface area contributed by atoms with Gasteiger partial charge in [-0.1, -0.05) is 30.3 Å². The van der Waals surface area contributed by atoms with Gasteiger partial charge in [-0.15, -0.1) is 0 Å². The molecule has 0 N–H and O–H groups in total. The average Bonchev–Trinajstić information content (AvgIpc) is 2.77. The van der Waals surface area contributed by atoms with Crippen LogP contribution in [0.5, 0.6) is 0 Å². The monoisotopic (exact) mass is 284 g/mol. The number of hydrogen-bond acceptors (Lipinski definition) is 3. The molecule has 1 fully saturated rings. The summed E-state index contributed by atoms with van der Waals surface area (Å²) < 4.78 is 1.99. The molecule has 0 amide bonds. The average molecular weight is 284 g/mol. The molecule has 2 aromatic rings. The summed E-state index contributed by atoms with van der Waals surface area (Å²) in [4.78, 5) is 4.95. The van der Waals surface area contributed by atoms with Gasteiger partial charge >= 0.3 is 0 Å². The van der Waals surface area contributed by atoms with Crippen LogP contribution < -0.4 is 4.90 Å². The number of anilines is 1. The predicted molar refractivity (Wildman–Crippen MR) is 86.6 cm³/mol. The number of piperazine rings is 1. The molecular formula is C17H24N4. The highest BCUT2D eigenvalue weighted by molar-refractivity contribution is 5.48. The lowest BCUT2D eigenvalue weighted by atomic mass is 10.2. The van der Waals surface area contributed by atoms with E-state index in [2.05, 4.69) is 59.1 Å². The Labute approximate surface area is 127 Å². The van der Waals surface area contributed by atoms with Crippen molar-refractivity contribution < 1.29 is 0 Å². The molecular weight excluding hydrogens is 260 g/mol. The predicted octanol–water partition coefficient (Wildman–Crippen LogP) is 2.36. The molecule has 1 aromatic heterocycles. The smallest absolute Gasteiger partial charge is 0.153 e. The van der Waals surface area contributed by atoms with E-state index in [0.717, 1.165) is 38.5 Å². The number of hydrogen-bond donors (Lipinski definition) is 0. The van der Waals surface area contributed by atoms with Gasteiger partial charge in [-0.25, -0.2) is 0 Å². The molecule has 1 saturated heterocycles. The van der Waals surface area contributed by atoms with E-state index in [0.29, 0.717) is 0 Å². The van der Waals surface area contributed by atoms with Crippen LogP contribution in [0.15, 0.2) is 30.3 Å². The van der Waals surface area contributed by atoms with Crippen molar-refractivity contribution in [2.45, 2.75) is 20.4 Å². The minimum atomic E-state index is 1.05. The van der Waals surface area contributed by atoms with E-state index >= 15 is 0 Å². The third-order valence-electron chi connectivity index (χ3n) is 4.53. The summed E-state index contributed by atoms with van der Waals surface area (Å²) in [5.74, 6) is 1.16. The molecule has 0 unspecified atom stereocenters. The summed E-state index contributed by atoms with van der Waals surface area (Å²) >= 11 is 0. The summed E-state index contributed by atoms with van der Waals surface area (Å²) in [7, 11) is 2.03. The van der Waals surface area contributed by atoms with Crippen molar-refractivity contribution in [3.63, 3.8) is 0 Å². The Morgan fingerprint density at radius 1 is 1.00 bits per heavy atom. The van der Waals surface area contributed by atoms with E-state index in [4.69, 9.17) is 0 Å². The lowest BCUT2D eigenvalue weighted by Gasteiger charge is -2.35. The zero-order valence-corrected chi connectivity index (χ0v) is 13.2. The van der Waals surface area contributed by atoms with Gasteiger partial charge in [-0.05, 0) is 19.4 Å². The Kier molecular flexibility index (Phi) is 3.97. The maximum absolute atomic E-state index is 4.67. The third-order valence-corrected chi connectivity index (χ3v) is 4.53. The van der Waals surface area contributed by atoms with E-state index in [-0.39, 0.29) is 0 Å². The fourth-order valence-corrected chi connectivity index (χ4v) is 2.96. The molecule has 4 heteroatoms. The molecule has 4 nitrogen and oxygen atoms in total. The molecule has 21 heavy (non-hydrogen) atoms. The molecule has 1 aromatic carbocycles. The van der Waals surface area contributed by atoms with Crippen LogP contribution in [0.4, 0.5) is 5.82 Å². The second kappa shape index (κ2) is 5.90. The molecule has 1 aliphatic heterocycles. The Morgan fingerprint density at radius 2 is 1.67 bits per heavy atom. The number of rotatable bonds is 3. The Morgan fingerprint density at radius 3 is 2.24 bits per heavy atom. The number of aryl methyl sites for hydroxylation is 1. The normalized spacial score (nSPS) is 16.4. The van der Waals surface area contributed by atoms with Crippen LogP contribution in [-0.4, -0.2) is 40.9 Å². The van der Waals surface area contributed by atoms with Gasteiger partial charge in [0.1, 0.15) is 0 Å². The molecule has 2 heterocycles. The fraction of sp³-hybridized carbons (Fsp3) is 0.471. The van der Waals surface area contributed by atoms with Crippen molar-refractivity contribution >= 4 is 5.82 Å².